The van der Waals surface area contributed by atoms with E-state index in [1.165, 1.54) is 25.2 Å². The minimum atomic E-state index is -0.762. The maximum Gasteiger partial charge on any atom is 0.253 e. The fraction of sp³-hybridized carbons (Fsp3) is 0.265. The van der Waals surface area contributed by atoms with Crippen LogP contribution in [0.25, 0.3) is 11.3 Å². The van der Waals surface area contributed by atoms with Crippen molar-refractivity contribution in [3.05, 3.63) is 106 Å². The Morgan fingerprint density at radius 3 is 2.27 bits per heavy atom. The molecule has 0 spiro atoms. The molecule has 9 nitrogen and oxygen atoms in total. The van der Waals surface area contributed by atoms with E-state index in [-0.39, 0.29) is 55.1 Å². The quantitative estimate of drug-likeness (QED) is 0.281. The van der Waals surface area contributed by atoms with Crippen LogP contribution in [-0.2, 0) is 6.54 Å². The first-order chi connectivity index (χ1) is 21.2. The standard InChI is InChI=1S/C33H31F2N7O2.CH4/c1-18-16-42(17-19(2)39-18)32(44)20-7-10-23(11-8-20)40-33-38-15-22-14-37-30(28-26(34)5-4-6-27(28)35)25-13-21(31(43)36-3)9-12-24(25)29(22)41-33;/h4-13,15,18-19,39H,14,16-17H2,1-3H3,(H,36,43)(H,38,40,41);1H4. The summed E-state index contributed by atoms with van der Waals surface area (Å²) in [7, 11) is 1.51. The number of benzene rings is 3. The van der Waals surface area contributed by atoms with Crippen molar-refractivity contribution in [1.29, 1.82) is 0 Å². The van der Waals surface area contributed by atoms with E-state index in [9.17, 15) is 18.4 Å². The summed E-state index contributed by atoms with van der Waals surface area (Å²) in [4.78, 5) is 41.2. The normalized spacial score (nSPS) is 17.2. The molecule has 2 atom stereocenters. The number of nitrogens with one attached hydrogen (secondary N) is 3. The van der Waals surface area contributed by atoms with Gasteiger partial charge in [0, 0.05) is 71.9 Å². The zero-order valence-electron chi connectivity index (χ0n) is 24.5. The number of halogens is 2. The first-order valence-electron chi connectivity index (χ1n) is 14.4. The van der Waals surface area contributed by atoms with Gasteiger partial charge in [-0.3, -0.25) is 14.6 Å². The highest BCUT2D eigenvalue weighted by Gasteiger charge is 2.27. The smallest absolute Gasteiger partial charge is 0.253 e. The van der Waals surface area contributed by atoms with E-state index < -0.39 is 11.6 Å². The summed E-state index contributed by atoms with van der Waals surface area (Å²) >= 11 is 0. The summed E-state index contributed by atoms with van der Waals surface area (Å²) in [6, 6.07) is 16.1. The summed E-state index contributed by atoms with van der Waals surface area (Å²) in [5, 5.41) is 9.20. The van der Waals surface area contributed by atoms with Crippen molar-refractivity contribution in [3.63, 3.8) is 0 Å². The molecule has 6 rings (SSSR count). The largest absolute Gasteiger partial charge is 0.355 e. The van der Waals surface area contributed by atoms with Gasteiger partial charge in [0.2, 0.25) is 5.95 Å². The Hall–Kier alpha value is -5.03. The number of anilines is 2. The lowest BCUT2D eigenvalue weighted by Crippen LogP contribution is -2.55. The molecule has 0 aliphatic carbocycles. The van der Waals surface area contributed by atoms with Gasteiger partial charge in [-0.05, 0) is 62.4 Å². The van der Waals surface area contributed by atoms with Crippen LogP contribution in [0.1, 0.15) is 58.7 Å². The molecule has 1 saturated heterocycles. The van der Waals surface area contributed by atoms with E-state index in [4.69, 9.17) is 4.98 Å². The predicted molar refractivity (Wildman–Crippen MR) is 171 cm³/mol. The Morgan fingerprint density at radius 2 is 1.60 bits per heavy atom. The van der Waals surface area contributed by atoms with Crippen molar-refractivity contribution in [3.8, 4) is 11.3 Å². The average molecular weight is 612 g/mol. The van der Waals surface area contributed by atoms with E-state index in [0.29, 0.717) is 52.3 Å². The molecule has 0 radical (unpaired) electrons. The molecule has 45 heavy (non-hydrogen) atoms. The minimum Gasteiger partial charge on any atom is -0.355 e. The SMILES string of the molecule is C.CNC(=O)c1ccc2c(c1)C(c1c(F)cccc1F)=NCc1cnc(Nc3ccc(C(=O)N4CC(C)NC(C)C4)cc3)nc1-2. The van der Waals surface area contributed by atoms with E-state index in [2.05, 4.69) is 39.8 Å². The number of fused-ring (bicyclic) bond motifs is 3. The van der Waals surface area contributed by atoms with Crippen molar-refractivity contribution in [2.75, 3.05) is 25.5 Å². The molecule has 232 valence electrons. The first kappa shape index (κ1) is 31.4. The highest BCUT2D eigenvalue weighted by atomic mass is 19.1. The van der Waals surface area contributed by atoms with Crippen molar-refractivity contribution in [1.82, 2.24) is 25.5 Å². The Morgan fingerprint density at radius 1 is 0.933 bits per heavy atom. The number of carbonyl (C=O) groups excluding carboxylic acids is 2. The van der Waals surface area contributed by atoms with Gasteiger partial charge in [-0.25, -0.2) is 18.7 Å². The third-order valence-electron chi connectivity index (χ3n) is 7.72. The third-order valence-corrected chi connectivity index (χ3v) is 7.72. The lowest BCUT2D eigenvalue weighted by atomic mass is 9.93. The Kier molecular flexibility index (Phi) is 9.01. The lowest BCUT2D eigenvalue weighted by Gasteiger charge is -2.36. The van der Waals surface area contributed by atoms with Crippen LogP contribution in [0.3, 0.4) is 0 Å². The van der Waals surface area contributed by atoms with Crippen LogP contribution < -0.4 is 16.0 Å². The summed E-state index contributed by atoms with van der Waals surface area (Å²) in [6.07, 6.45) is 1.62. The minimum absolute atomic E-state index is 0. The van der Waals surface area contributed by atoms with Gasteiger partial charge in [0.05, 0.1) is 23.5 Å². The lowest BCUT2D eigenvalue weighted by molar-refractivity contribution is 0.0673. The molecule has 3 heterocycles. The fourth-order valence-electron chi connectivity index (χ4n) is 5.74. The van der Waals surface area contributed by atoms with Crippen LogP contribution in [0.15, 0.2) is 71.9 Å². The number of nitrogens with zero attached hydrogens (tertiary/aromatic N) is 4. The van der Waals surface area contributed by atoms with Crippen LogP contribution >= 0.6 is 0 Å². The van der Waals surface area contributed by atoms with Crippen molar-refractivity contribution in [2.45, 2.75) is 39.9 Å². The van der Waals surface area contributed by atoms with Gasteiger partial charge < -0.3 is 20.9 Å². The predicted octanol–water partition coefficient (Wildman–Crippen LogP) is 5.33. The van der Waals surface area contributed by atoms with Crippen LogP contribution in [0, 0.1) is 11.6 Å². The Bertz CT molecular complexity index is 1760. The molecule has 2 amide bonds. The number of hydrogen-bond donors (Lipinski definition) is 3. The number of carbonyl (C=O) groups is 2. The molecule has 3 aromatic carbocycles. The summed E-state index contributed by atoms with van der Waals surface area (Å²) < 4.78 is 30.0. The van der Waals surface area contributed by atoms with Crippen molar-refractivity contribution in [2.24, 2.45) is 4.99 Å². The van der Waals surface area contributed by atoms with Gasteiger partial charge >= 0.3 is 0 Å². The molecule has 1 fully saturated rings. The summed E-state index contributed by atoms with van der Waals surface area (Å²) in [6.45, 7) is 5.49. The molecular formula is C34H35F2N7O2. The van der Waals surface area contributed by atoms with Gasteiger partial charge in [0.15, 0.2) is 0 Å². The third kappa shape index (κ3) is 6.30. The fourth-order valence-corrected chi connectivity index (χ4v) is 5.74. The highest BCUT2D eigenvalue weighted by Crippen LogP contribution is 2.34. The second-order valence-corrected chi connectivity index (χ2v) is 11.0. The molecule has 1 aromatic heterocycles. The van der Waals surface area contributed by atoms with Crippen molar-refractivity contribution >= 4 is 29.2 Å². The molecule has 3 N–H and O–H groups in total. The first-order valence-corrected chi connectivity index (χ1v) is 14.4. The van der Waals surface area contributed by atoms with Gasteiger partial charge in [0.25, 0.3) is 11.8 Å². The molecule has 4 aromatic rings. The number of aromatic nitrogens is 2. The topological polar surface area (TPSA) is 112 Å². The maximum absolute atomic E-state index is 15.0. The zero-order chi connectivity index (χ0) is 31.0. The van der Waals surface area contributed by atoms with Gasteiger partial charge in [-0.2, -0.15) is 0 Å². The maximum atomic E-state index is 15.0. The molecule has 2 unspecified atom stereocenters. The van der Waals surface area contributed by atoms with E-state index in [1.807, 2.05) is 4.90 Å². The number of piperazine rings is 1. The zero-order valence-corrected chi connectivity index (χ0v) is 24.5. The van der Waals surface area contributed by atoms with Crippen LogP contribution in [-0.4, -0.2) is 64.6 Å². The van der Waals surface area contributed by atoms with Crippen LogP contribution in [0.2, 0.25) is 0 Å². The summed E-state index contributed by atoms with van der Waals surface area (Å²) in [5.74, 6) is -1.61. The number of rotatable bonds is 5. The van der Waals surface area contributed by atoms with E-state index >= 15 is 0 Å². The number of hydrogen-bond acceptors (Lipinski definition) is 7. The molecule has 2 aliphatic heterocycles. The van der Waals surface area contributed by atoms with Gasteiger partial charge in [-0.1, -0.05) is 19.6 Å². The van der Waals surface area contributed by atoms with Crippen LogP contribution in [0.4, 0.5) is 20.4 Å². The molecular weight excluding hydrogens is 576 g/mol. The highest BCUT2D eigenvalue weighted by molar-refractivity contribution is 6.18. The Balaban J connectivity index is 0.00000400. The summed E-state index contributed by atoms with van der Waals surface area (Å²) in [5.41, 5.74) is 3.48. The average Bonchev–Trinajstić information content (AvgIpc) is 3.16. The second-order valence-electron chi connectivity index (χ2n) is 11.0. The van der Waals surface area contributed by atoms with E-state index in [1.54, 1.807) is 48.7 Å². The van der Waals surface area contributed by atoms with Crippen LogP contribution in [0.5, 0.6) is 0 Å². The van der Waals surface area contributed by atoms with Gasteiger partial charge in [0.1, 0.15) is 11.6 Å². The second kappa shape index (κ2) is 12.9. The monoisotopic (exact) mass is 611 g/mol. The molecule has 0 bridgehead atoms. The molecule has 0 saturated carbocycles. The van der Waals surface area contributed by atoms with E-state index in [0.717, 1.165) is 0 Å². The van der Waals surface area contributed by atoms with Gasteiger partial charge in [-0.15, -0.1) is 0 Å². The Labute approximate surface area is 260 Å². The molecule has 11 heteroatoms. The molecule has 2 aliphatic rings. The number of aliphatic imine (C=N–C) groups is 1. The number of amides is 2. The van der Waals surface area contributed by atoms with Crippen molar-refractivity contribution < 1.29 is 18.4 Å².